The van der Waals surface area contributed by atoms with Crippen LogP contribution in [0, 0.1) is 0 Å². The fourth-order valence-corrected chi connectivity index (χ4v) is 4.68. The van der Waals surface area contributed by atoms with Gasteiger partial charge in [-0.15, -0.1) is 11.3 Å². The van der Waals surface area contributed by atoms with Crippen molar-refractivity contribution in [3.8, 4) is 0 Å². The molecule has 0 bridgehead atoms. The average Bonchev–Trinajstić information content (AvgIpc) is 3.45. The van der Waals surface area contributed by atoms with Gasteiger partial charge in [-0.3, -0.25) is 9.59 Å². The number of aromatic amines is 1. The molecular formula is C25H25N3O2S. The zero-order valence-corrected chi connectivity index (χ0v) is 18.1. The molecule has 2 heterocycles. The van der Waals surface area contributed by atoms with E-state index in [1.807, 2.05) is 54.0 Å². The molecule has 0 fully saturated rings. The highest BCUT2D eigenvalue weighted by atomic mass is 32.1. The molecule has 4 aromatic rings. The minimum Gasteiger partial charge on any atom is -0.361 e. The minimum absolute atomic E-state index is 0.0160. The maximum atomic E-state index is 12.8. The number of carbonyl (C=O) groups is 2. The number of amides is 2. The van der Waals surface area contributed by atoms with Crippen LogP contribution in [0.25, 0.3) is 10.9 Å². The van der Waals surface area contributed by atoms with Gasteiger partial charge in [0.1, 0.15) is 0 Å². The molecule has 6 heteroatoms. The molecule has 0 aliphatic rings. The van der Waals surface area contributed by atoms with Crippen LogP contribution >= 0.6 is 11.3 Å². The Morgan fingerprint density at radius 1 is 1.00 bits per heavy atom. The standard InChI is InChI=1S/C25H25N3O2S/c1-17(29)28-23(24-12-7-13-31-24)14-25(30)27-15-20(18-8-3-2-4-9-18)21-16-26-22-11-6-5-10-19(21)22/h2-13,16,20,23,26H,14-15H2,1H3,(H,27,30)(H,28,29)/t20-,23+/m1/s1. The summed E-state index contributed by atoms with van der Waals surface area (Å²) >= 11 is 1.54. The molecule has 3 N–H and O–H groups in total. The average molecular weight is 432 g/mol. The summed E-state index contributed by atoms with van der Waals surface area (Å²) in [6.07, 6.45) is 2.23. The van der Waals surface area contributed by atoms with E-state index in [1.54, 1.807) is 0 Å². The van der Waals surface area contributed by atoms with Crippen molar-refractivity contribution in [2.75, 3.05) is 6.54 Å². The number of para-hydroxylation sites is 1. The Morgan fingerprint density at radius 3 is 2.52 bits per heavy atom. The SMILES string of the molecule is CC(=O)N[C@@H](CC(=O)NC[C@H](c1ccccc1)c1c[nH]c2ccccc12)c1cccs1. The molecule has 2 atom stereocenters. The summed E-state index contributed by atoms with van der Waals surface area (Å²) in [5, 5.41) is 9.09. The first kappa shape index (κ1) is 20.9. The molecule has 2 aromatic heterocycles. The second-order valence-electron chi connectivity index (χ2n) is 7.53. The lowest BCUT2D eigenvalue weighted by Crippen LogP contribution is -2.34. The molecule has 0 unspecified atom stereocenters. The Bertz CT molecular complexity index is 1150. The Balaban J connectivity index is 1.52. The van der Waals surface area contributed by atoms with E-state index < -0.39 is 0 Å². The third-order valence-electron chi connectivity index (χ3n) is 5.36. The number of fused-ring (bicyclic) bond motifs is 1. The highest BCUT2D eigenvalue weighted by Crippen LogP contribution is 2.30. The Hall–Kier alpha value is -3.38. The van der Waals surface area contributed by atoms with Gasteiger partial charge < -0.3 is 15.6 Å². The maximum absolute atomic E-state index is 12.8. The van der Waals surface area contributed by atoms with Crippen molar-refractivity contribution in [3.05, 3.63) is 94.3 Å². The molecule has 0 spiro atoms. The van der Waals surface area contributed by atoms with Crippen LogP contribution in [0.5, 0.6) is 0 Å². The van der Waals surface area contributed by atoms with Gasteiger partial charge in [-0.05, 0) is 28.6 Å². The first-order valence-corrected chi connectivity index (χ1v) is 11.2. The molecule has 0 saturated heterocycles. The molecule has 0 saturated carbocycles. The first-order valence-electron chi connectivity index (χ1n) is 10.3. The monoisotopic (exact) mass is 431 g/mol. The highest BCUT2D eigenvalue weighted by molar-refractivity contribution is 7.10. The lowest BCUT2D eigenvalue weighted by atomic mass is 9.91. The van der Waals surface area contributed by atoms with Gasteiger partial charge in [0.15, 0.2) is 0 Å². The van der Waals surface area contributed by atoms with Crippen LogP contribution < -0.4 is 10.6 Å². The third-order valence-corrected chi connectivity index (χ3v) is 6.34. The van der Waals surface area contributed by atoms with E-state index in [2.05, 4.69) is 39.9 Å². The predicted octanol–water partition coefficient (Wildman–Crippen LogP) is 4.75. The number of carbonyl (C=O) groups excluding carboxylic acids is 2. The fraction of sp³-hybridized carbons (Fsp3) is 0.200. The zero-order valence-electron chi connectivity index (χ0n) is 17.3. The van der Waals surface area contributed by atoms with E-state index in [1.165, 1.54) is 18.3 Å². The van der Waals surface area contributed by atoms with Crippen molar-refractivity contribution in [2.24, 2.45) is 0 Å². The molecule has 0 aliphatic carbocycles. The van der Waals surface area contributed by atoms with E-state index in [0.717, 1.165) is 26.9 Å². The normalized spacial score (nSPS) is 12.9. The number of thiophene rings is 1. The van der Waals surface area contributed by atoms with E-state index in [-0.39, 0.29) is 30.2 Å². The predicted molar refractivity (Wildman–Crippen MR) is 125 cm³/mol. The summed E-state index contributed by atoms with van der Waals surface area (Å²) in [7, 11) is 0. The molecule has 0 radical (unpaired) electrons. The van der Waals surface area contributed by atoms with E-state index >= 15 is 0 Å². The second kappa shape index (κ2) is 9.62. The van der Waals surface area contributed by atoms with E-state index in [0.29, 0.717) is 6.54 Å². The molecular weight excluding hydrogens is 406 g/mol. The summed E-state index contributed by atoms with van der Waals surface area (Å²) in [5.74, 6) is -0.220. The summed E-state index contributed by atoms with van der Waals surface area (Å²) in [6, 6.07) is 21.9. The van der Waals surface area contributed by atoms with E-state index in [4.69, 9.17) is 0 Å². The van der Waals surface area contributed by atoms with Gasteiger partial charge in [0.2, 0.25) is 11.8 Å². The van der Waals surface area contributed by atoms with Crippen LogP contribution in [0.3, 0.4) is 0 Å². The molecule has 2 aromatic carbocycles. The van der Waals surface area contributed by atoms with Crippen LogP contribution in [-0.4, -0.2) is 23.3 Å². The van der Waals surface area contributed by atoms with Crippen molar-refractivity contribution < 1.29 is 9.59 Å². The van der Waals surface area contributed by atoms with Crippen molar-refractivity contribution in [1.82, 2.24) is 15.6 Å². The number of hydrogen-bond donors (Lipinski definition) is 3. The van der Waals surface area contributed by atoms with Crippen LogP contribution in [0.4, 0.5) is 0 Å². The lowest BCUT2D eigenvalue weighted by Gasteiger charge is -2.20. The molecule has 4 rings (SSSR count). The van der Waals surface area contributed by atoms with Crippen molar-refractivity contribution in [2.45, 2.75) is 25.3 Å². The Kier molecular flexibility index (Phi) is 6.48. The second-order valence-corrected chi connectivity index (χ2v) is 8.51. The van der Waals surface area contributed by atoms with E-state index in [9.17, 15) is 9.59 Å². The van der Waals surface area contributed by atoms with Crippen molar-refractivity contribution >= 4 is 34.1 Å². The highest BCUT2D eigenvalue weighted by Gasteiger charge is 2.21. The van der Waals surface area contributed by atoms with Gasteiger partial charge in [-0.25, -0.2) is 0 Å². The molecule has 31 heavy (non-hydrogen) atoms. The van der Waals surface area contributed by atoms with Gasteiger partial charge in [-0.2, -0.15) is 0 Å². The zero-order chi connectivity index (χ0) is 21.6. The number of nitrogens with one attached hydrogen (secondary N) is 3. The number of H-pyrrole nitrogens is 1. The quantitative estimate of drug-likeness (QED) is 0.377. The smallest absolute Gasteiger partial charge is 0.222 e. The number of hydrogen-bond acceptors (Lipinski definition) is 3. The van der Waals surface area contributed by atoms with Gasteiger partial charge in [0.05, 0.1) is 12.5 Å². The fourth-order valence-electron chi connectivity index (χ4n) is 3.91. The lowest BCUT2D eigenvalue weighted by molar-refractivity contribution is -0.122. The van der Waals surface area contributed by atoms with Crippen molar-refractivity contribution in [1.29, 1.82) is 0 Å². The summed E-state index contributed by atoms with van der Waals surface area (Å²) in [4.78, 5) is 28.8. The summed E-state index contributed by atoms with van der Waals surface area (Å²) < 4.78 is 0. The van der Waals surface area contributed by atoms with Gasteiger partial charge in [0, 0.05) is 41.4 Å². The molecule has 158 valence electrons. The third kappa shape index (κ3) is 5.03. The molecule has 0 aliphatic heterocycles. The van der Waals surface area contributed by atoms with Crippen molar-refractivity contribution in [3.63, 3.8) is 0 Å². The van der Waals surface area contributed by atoms with Gasteiger partial charge >= 0.3 is 0 Å². The van der Waals surface area contributed by atoms with Gasteiger partial charge in [-0.1, -0.05) is 54.6 Å². The summed E-state index contributed by atoms with van der Waals surface area (Å²) in [5.41, 5.74) is 3.37. The maximum Gasteiger partial charge on any atom is 0.222 e. The van der Waals surface area contributed by atoms with Crippen LogP contribution in [0.15, 0.2) is 78.3 Å². The van der Waals surface area contributed by atoms with Gasteiger partial charge in [0.25, 0.3) is 0 Å². The number of rotatable bonds is 8. The summed E-state index contributed by atoms with van der Waals surface area (Å²) in [6.45, 7) is 1.95. The minimum atomic E-state index is -0.319. The Morgan fingerprint density at radius 2 is 1.77 bits per heavy atom. The van der Waals surface area contributed by atoms with Crippen LogP contribution in [-0.2, 0) is 9.59 Å². The van der Waals surface area contributed by atoms with Crippen LogP contribution in [0.1, 0.15) is 41.3 Å². The van der Waals surface area contributed by atoms with Crippen LogP contribution in [0.2, 0.25) is 0 Å². The number of benzene rings is 2. The topological polar surface area (TPSA) is 74.0 Å². The number of aromatic nitrogens is 1. The largest absolute Gasteiger partial charge is 0.361 e. The first-order chi connectivity index (χ1) is 15.1. The molecule has 5 nitrogen and oxygen atoms in total. The Labute approximate surface area is 185 Å². The molecule has 2 amide bonds.